The second kappa shape index (κ2) is 6.30. The van der Waals surface area contributed by atoms with E-state index in [9.17, 15) is 5.11 Å². The number of hydrogen-bond donors (Lipinski definition) is 1. The van der Waals surface area contributed by atoms with Gasteiger partial charge in [0.25, 0.3) is 0 Å². The predicted molar refractivity (Wildman–Crippen MR) is 96.6 cm³/mol. The Hall–Kier alpha value is -2.91. The fourth-order valence-electron chi connectivity index (χ4n) is 3.08. The second-order valence-electron chi connectivity index (χ2n) is 5.86. The molecular weight excluding hydrogens is 296 g/mol. The molecule has 3 heteroatoms. The Bertz CT molecular complexity index is 945. The lowest BCUT2D eigenvalue weighted by Gasteiger charge is -2.12. The van der Waals surface area contributed by atoms with E-state index in [1.165, 1.54) is 0 Å². The summed E-state index contributed by atoms with van der Waals surface area (Å²) in [5, 5.41) is 11.7. The number of hydrogen-bond acceptors (Lipinski definition) is 2. The zero-order valence-electron chi connectivity index (χ0n) is 13.2. The highest BCUT2D eigenvalue weighted by Gasteiger charge is 2.14. The quantitative estimate of drug-likeness (QED) is 0.605. The molecule has 1 atom stereocenters. The third-order valence-corrected chi connectivity index (χ3v) is 4.27. The van der Waals surface area contributed by atoms with E-state index < -0.39 is 6.10 Å². The Kier molecular flexibility index (Phi) is 3.85. The van der Waals surface area contributed by atoms with Crippen molar-refractivity contribution in [2.75, 3.05) is 0 Å². The molecule has 118 valence electrons. The molecule has 0 fully saturated rings. The average molecular weight is 314 g/mol. The summed E-state index contributed by atoms with van der Waals surface area (Å²) in [6.45, 7) is 0.477. The summed E-state index contributed by atoms with van der Waals surface area (Å²) in [6, 6.07) is 24.0. The van der Waals surface area contributed by atoms with E-state index in [1.807, 2.05) is 59.2 Å². The third-order valence-electron chi connectivity index (χ3n) is 4.27. The Balaban J connectivity index is 1.77. The van der Waals surface area contributed by atoms with Gasteiger partial charge in [-0.05, 0) is 23.3 Å². The lowest BCUT2D eigenvalue weighted by atomic mass is 10.1. The number of pyridine rings is 1. The van der Waals surface area contributed by atoms with Crippen molar-refractivity contribution in [3.05, 3.63) is 90.8 Å². The van der Waals surface area contributed by atoms with E-state index in [-0.39, 0.29) is 0 Å². The monoisotopic (exact) mass is 314 g/mol. The summed E-state index contributed by atoms with van der Waals surface area (Å²) in [6.07, 6.45) is 3.31. The number of benzene rings is 2. The van der Waals surface area contributed by atoms with E-state index in [4.69, 9.17) is 0 Å². The Labute approximate surface area is 140 Å². The van der Waals surface area contributed by atoms with Crippen molar-refractivity contribution in [2.24, 2.45) is 0 Å². The molecule has 2 heterocycles. The Morgan fingerprint density at radius 3 is 2.33 bits per heavy atom. The third kappa shape index (κ3) is 2.70. The smallest absolute Gasteiger partial charge is 0.140 e. The van der Waals surface area contributed by atoms with E-state index in [1.54, 1.807) is 6.20 Å². The second-order valence-corrected chi connectivity index (χ2v) is 5.86. The summed E-state index contributed by atoms with van der Waals surface area (Å²) in [5.74, 6) is 0. The molecule has 2 aromatic heterocycles. The molecular formula is C21H18N2O. The van der Waals surface area contributed by atoms with Gasteiger partial charge in [0, 0.05) is 23.3 Å². The minimum Gasteiger partial charge on any atom is -0.387 e. The maximum absolute atomic E-state index is 10.6. The van der Waals surface area contributed by atoms with Gasteiger partial charge < -0.3 is 9.67 Å². The maximum Gasteiger partial charge on any atom is 0.140 e. The highest BCUT2D eigenvalue weighted by Crippen LogP contribution is 2.30. The van der Waals surface area contributed by atoms with Crippen molar-refractivity contribution in [1.29, 1.82) is 0 Å². The molecule has 0 bridgehead atoms. The van der Waals surface area contributed by atoms with Crippen LogP contribution in [0.4, 0.5) is 0 Å². The van der Waals surface area contributed by atoms with E-state index in [0.29, 0.717) is 6.54 Å². The molecule has 3 nitrogen and oxygen atoms in total. The molecule has 1 unspecified atom stereocenters. The molecule has 0 saturated heterocycles. The topological polar surface area (TPSA) is 38.0 Å². The van der Waals surface area contributed by atoms with Gasteiger partial charge in [-0.25, -0.2) is 4.98 Å². The van der Waals surface area contributed by atoms with E-state index >= 15 is 0 Å². The highest BCUT2D eigenvalue weighted by molar-refractivity contribution is 5.94. The van der Waals surface area contributed by atoms with Crippen LogP contribution in [0.25, 0.3) is 22.2 Å². The highest BCUT2D eigenvalue weighted by atomic mass is 16.3. The number of aliphatic hydroxyl groups excluding tert-OH is 1. The molecule has 0 aliphatic rings. The minimum atomic E-state index is -0.563. The predicted octanol–water partition coefficient (Wildman–Crippen LogP) is 4.44. The first-order valence-electron chi connectivity index (χ1n) is 8.05. The molecule has 0 amide bonds. The van der Waals surface area contributed by atoms with Crippen molar-refractivity contribution in [3.8, 4) is 11.1 Å². The number of rotatable bonds is 4. The summed E-state index contributed by atoms with van der Waals surface area (Å²) in [4.78, 5) is 4.53. The van der Waals surface area contributed by atoms with Gasteiger partial charge in [-0.2, -0.15) is 0 Å². The SMILES string of the molecule is OC(Cn1cc(-c2ccccc2)c2cccnc21)c1ccccc1. The standard InChI is InChI=1S/C21H18N2O/c24-20(17-10-5-2-6-11-17)15-23-14-19(16-8-3-1-4-9-16)18-12-7-13-22-21(18)23/h1-14,20,24H,15H2. The minimum absolute atomic E-state index is 0.477. The first-order valence-corrected chi connectivity index (χ1v) is 8.05. The van der Waals surface area contributed by atoms with Crippen LogP contribution in [0.1, 0.15) is 11.7 Å². The molecule has 0 aliphatic carbocycles. The lowest BCUT2D eigenvalue weighted by Crippen LogP contribution is -2.08. The van der Waals surface area contributed by atoms with Gasteiger partial charge in [-0.15, -0.1) is 0 Å². The fraction of sp³-hybridized carbons (Fsp3) is 0.0952. The number of aliphatic hydroxyl groups is 1. The van der Waals surface area contributed by atoms with Crippen LogP contribution >= 0.6 is 0 Å². The summed E-state index contributed by atoms with van der Waals surface area (Å²) < 4.78 is 2.04. The van der Waals surface area contributed by atoms with E-state index in [0.717, 1.165) is 27.7 Å². The van der Waals surface area contributed by atoms with Crippen molar-refractivity contribution in [1.82, 2.24) is 9.55 Å². The van der Waals surface area contributed by atoms with Gasteiger partial charge in [0.2, 0.25) is 0 Å². The molecule has 0 spiro atoms. The summed E-state index contributed by atoms with van der Waals surface area (Å²) >= 11 is 0. The molecule has 0 aliphatic heterocycles. The molecule has 0 radical (unpaired) electrons. The van der Waals surface area contributed by atoms with Gasteiger partial charge in [0.15, 0.2) is 0 Å². The molecule has 1 N–H and O–H groups in total. The molecule has 0 saturated carbocycles. The van der Waals surface area contributed by atoms with E-state index in [2.05, 4.69) is 29.4 Å². The Morgan fingerprint density at radius 1 is 0.875 bits per heavy atom. The molecule has 24 heavy (non-hydrogen) atoms. The molecule has 4 rings (SSSR count). The van der Waals surface area contributed by atoms with Crippen molar-refractivity contribution >= 4 is 11.0 Å². The average Bonchev–Trinajstić information content (AvgIpc) is 3.02. The van der Waals surface area contributed by atoms with Gasteiger partial charge in [-0.3, -0.25) is 0 Å². The number of fused-ring (bicyclic) bond motifs is 1. The largest absolute Gasteiger partial charge is 0.387 e. The van der Waals surface area contributed by atoms with Crippen LogP contribution < -0.4 is 0 Å². The summed E-state index contributed by atoms with van der Waals surface area (Å²) in [5.41, 5.74) is 4.10. The van der Waals surface area contributed by atoms with Crippen LogP contribution in [-0.4, -0.2) is 14.7 Å². The van der Waals surface area contributed by atoms with Crippen molar-refractivity contribution in [3.63, 3.8) is 0 Å². The maximum atomic E-state index is 10.6. The first-order chi connectivity index (χ1) is 11.8. The summed E-state index contributed by atoms with van der Waals surface area (Å²) in [7, 11) is 0. The molecule has 2 aromatic carbocycles. The van der Waals surface area contributed by atoms with Crippen LogP contribution in [-0.2, 0) is 6.54 Å². The number of nitrogens with zero attached hydrogens (tertiary/aromatic N) is 2. The van der Waals surface area contributed by atoms with Crippen molar-refractivity contribution < 1.29 is 5.11 Å². The Morgan fingerprint density at radius 2 is 1.58 bits per heavy atom. The van der Waals surface area contributed by atoms with Crippen LogP contribution in [0.15, 0.2) is 85.2 Å². The zero-order chi connectivity index (χ0) is 16.4. The van der Waals surface area contributed by atoms with Crippen LogP contribution in [0.2, 0.25) is 0 Å². The first kappa shape index (κ1) is 14.7. The zero-order valence-corrected chi connectivity index (χ0v) is 13.2. The fourth-order valence-corrected chi connectivity index (χ4v) is 3.08. The van der Waals surface area contributed by atoms with Crippen LogP contribution in [0.5, 0.6) is 0 Å². The molecule has 4 aromatic rings. The van der Waals surface area contributed by atoms with Gasteiger partial charge in [0.05, 0.1) is 12.6 Å². The van der Waals surface area contributed by atoms with Gasteiger partial charge in [0.1, 0.15) is 5.65 Å². The van der Waals surface area contributed by atoms with Crippen LogP contribution in [0.3, 0.4) is 0 Å². The lowest BCUT2D eigenvalue weighted by molar-refractivity contribution is 0.158. The normalized spacial score (nSPS) is 12.4. The number of aromatic nitrogens is 2. The van der Waals surface area contributed by atoms with Gasteiger partial charge in [-0.1, -0.05) is 60.7 Å². The van der Waals surface area contributed by atoms with Crippen molar-refractivity contribution in [2.45, 2.75) is 12.6 Å². The van der Waals surface area contributed by atoms with Crippen LogP contribution in [0, 0.1) is 0 Å². The van der Waals surface area contributed by atoms with Gasteiger partial charge >= 0.3 is 0 Å².